The van der Waals surface area contributed by atoms with Gasteiger partial charge in [0.15, 0.2) is 0 Å². The molecular formula is C18H19F2NO4S. The number of halogens is 2. The van der Waals surface area contributed by atoms with Crippen molar-refractivity contribution in [2.24, 2.45) is 0 Å². The lowest BCUT2D eigenvalue weighted by Crippen LogP contribution is -2.26. The summed E-state index contributed by atoms with van der Waals surface area (Å²) in [5, 5.41) is 2.77. The van der Waals surface area contributed by atoms with Crippen LogP contribution in [0.25, 0.3) is 0 Å². The number of hydrogen-bond acceptors (Lipinski definition) is 4. The minimum absolute atomic E-state index is 0.177. The highest BCUT2D eigenvalue weighted by molar-refractivity contribution is 7.91. The quantitative estimate of drug-likeness (QED) is 0.793. The first-order valence-corrected chi connectivity index (χ1v) is 9.46. The third kappa shape index (κ3) is 4.57. The number of ether oxygens (including phenoxy) is 1. The van der Waals surface area contributed by atoms with E-state index in [0.717, 1.165) is 23.4 Å². The maximum atomic E-state index is 12.5. The molecule has 1 unspecified atom stereocenters. The molecular weight excluding hydrogens is 364 g/mol. The van der Waals surface area contributed by atoms with Gasteiger partial charge in [0.05, 0.1) is 17.5 Å². The highest BCUT2D eigenvalue weighted by atomic mass is 32.2. The lowest BCUT2D eigenvalue weighted by Gasteiger charge is -2.15. The standard InChI is InChI=1S/C18H19F2NO4S/c1-3-25-15-8-4-13(5-9-15)12(2)21-17(22)14-6-10-16(11-7-14)26(23,24)18(19)20/h4-12,18H,3H2,1-2H3,(H,21,22). The number of rotatable bonds is 7. The van der Waals surface area contributed by atoms with Crippen LogP contribution < -0.4 is 10.1 Å². The van der Waals surface area contributed by atoms with Crippen LogP contribution in [0.5, 0.6) is 5.75 Å². The van der Waals surface area contributed by atoms with E-state index < -0.39 is 26.4 Å². The van der Waals surface area contributed by atoms with Crippen molar-refractivity contribution >= 4 is 15.7 Å². The number of amides is 1. The fourth-order valence-electron chi connectivity index (χ4n) is 2.28. The van der Waals surface area contributed by atoms with E-state index in [1.54, 1.807) is 19.1 Å². The second-order valence-corrected chi connectivity index (χ2v) is 7.45. The van der Waals surface area contributed by atoms with Crippen LogP contribution in [0.15, 0.2) is 53.4 Å². The van der Waals surface area contributed by atoms with Gasteiger partial charge in [-0.2, -0.15) is 8.78 Å². The molecule has 0 saturated heterocycles. The molecule has 0 spiro atoms. The number of nitrogens with one attached hydrogen (secondary N) is 1. The molecule has 2 rings (SSSR count). The molecule has 26 heavy (non-hydrogen) atoms. The van der Waals surface area contributed by atoms with Crippen molar-refractivity contribution in [3.05, 3.63) is 59.7 Å². The van der Waals surface area contributed by atoms with Gasteiger partial charge >= 0.3 is 5.76 Å². The molecule has 2 aromatic carbocycles. The Morgan fingerprint density at radius 3 is 2.15 bits per heavy atom. The summed E-state index contributed by atoms with van der Waals surface area (Å²) in [5.41, 5.74) is 1.04. The first-order valence-electron chi connectivity index (χ1n) is 7.91. The van der Waals surface area contributed by atoms with Gasteiger partial charge in [-0.05, 0) is 55.8 Å². The molecule has 0 radical (unpaired) electrons. The minimum atomic E-state index is -4.67. The van der Waals surface area contributed by atoms with Crippen LogP contribution in [0.2, 0.25) is 0 Å². The Morgan fingerprint density at radius 2 is 1.65 bits per heavy atom. The minimum Gasteiger partial charge on any atom is -0.494 e. The van der Waals surface area contributed by atoms with E-state index >= 15 is 0 Å². The van der Waals surface area contributed by atoms with Crippen molar-refractivity contribution in [3.63, 3.8) is 0 Å². The molecule has 0 aliphatic rings. The van der Waals surface area contributed by atoms with Crippen LogP contribution in [0.3, 0.4) is 0 Å². The fraction of sp³-hybridized carbons (Fsp3) is 0.278. The summed E-state index contributed by atoms with van der Waals surface area (Å²) in [5.74, 6) is -3.21. The van der Waals surface area contributed by atoms with E-state index in [-0.39, 0.29) is 11.6 Å². The summed E-state index contributed by atoms with van der Waals surface area (Å²) < 4.78 is 53.2. The molecule has 0 bridgehead atoms. The molecule has 1 N–H and O–H groups in total. The van der Waals surface area contributed by atoms with Crippen LogP contribution in [0.4, 0.5) is 8.78 Å². The predicted molar refractivity (Wildman–Crippen MR) is 93.1 cm³/mol. The first-order chi connectivity index (χ1) is 12.3. The lowest BCUT2D eigenvalue weighted by atomic mass is 10.1. The average Bonchev–Trinajstić information content (AvgIpc) is 2.62. The van der Waals surface area contributed by atoms with E-state index in [9.17, 15) is 22.0 Å². The van der Waals surface area contributed by atoms with Crippen molar-refractivity contribution in [2.45, 2.75) is 30.5 Å². The summed E-state index contributed by atoms with van der Waals surface area (Å²) in [7, 11) is -4.67. The summed E-state index contributed by atoms with van der Waals surface area (Å²) in [6.07, 6.45) is 0. The normalized spacial score (nSPS) is 12.7. The monoisotopic (exact) mass is 383 g/mol. The second kappa shape index (κ2) is 8.27. The Morgan fingerprint density at radius 1 is 1.08 bits per heavy atom. The molecule has 0 aromatic heterocycles. The van der Waals surface area contributed by atoms with Gasteiger partial charge < -0.3 is 10.1 Å². The van der Waals surface area contributed by atoms with E-state index in [1.165, 1.54) is 12.1 Å². The topological polar surface area (TPSA) is 72.5 Å². The summed E-state index contributed by atoms with van der Waals surface area (Å²) >= 11 is 0. The van der Waals surface area contributed by atoms with Crippen LogP contribution >= 0.6 is 0 Å². The van der Waals surface area contributed by atoms with Crippen molar-refractivity contribution in [1.29, 1.82) is 0 Å². The van der Waals surface area contributed by atoms with E-state index in [2.05, 4.69) is 5.32 Å². The van der Waals surface area contributed by atoms with Gasteiger partial charge in [-0.15, -0.1) is 0 Å². The number of hydrogen-bond donors (Lipinski definition) is 1. The average molecular weight is 383 g/mol. The highest BCUT2D eigenvalue weighted by Crippen LogP contribution is 2.20. The molecule has 2 aromatic rings. The largest absolute Gasteiger partial charge is 0.494 e. The zero-order valence-electron chi connectivity index (χ0n) is 14.3. The molecule has 140 valence electrons. The molecule has 0 fully saturated rings. The van der Waals surface area contributed by atoms with Crippen LogP contribution in [0.1, 0.15) is 35.8 Å². The van der Waals surface area contributed by atoms with Gasteiger partial charge in [-0.1, -0.05) is 12.1 Å². The van der Waals surface area contributed by atoms with Gasteiger partial charge in [-0.3, -0.25) is 4.79 Å². The van der Waals surface area contributed by atoms with Gasteiger partial charge in [0.25, 0.3) is 5.91 Å². The molecule has 1 amide bonds. The van der Waals surface area contributed by atoms with E-state index in [4.69, 9.17) is 4.74 Å². The van der Waals surface area contributed by atoms with Crippen molar-refractivity contribution < 1.29 is 26.7 Å². The van der Waals surface area contributed by atoms with Crippen LogP contribution in [-0.4, -0.2) is 26.7 Å². The molecule has 0 saturated carbocycles. The zero-order chi connectivity index (χ0) is 19.3. The lowest BCUT2D eigenvalue weighted by molar-refractivity contribution is 0.0940. The highest BCUT2D eigenvalue weighted by Gasteiger charge is 2.26. The molecule has 1 atom stereocenters. The first kappa shape index (κ1) is 19.8. The Kier molecular flexibility index (Phi) is 6.31. The molecule has 8 heteroatoms. The maximum absolute atomic E-state index is 12.5. The van der Waals surface area contributed by atoms with E-state index in [1.807, 2.05) is 19.1 Å². The summed E-state index contributed by atoms with van der Waals surface area (Å²) in [6.45, 7) is 4.24. The number of carbonyl (C=O) groups is 1. The smallest absolute Gasteiger partial charge is 0.341 e. The SMILES string of the molecule is CCOc1ccc(C(C)NC(=O)c2ccc(S(=O)(=O)C(F)F)cc2)cc1. The van der Waals surface area contributed by atoms with Crippen LogP contribution in [-0.2, 0) is 9.84 Å². The van der Waals surface area contributed by atoms with Gasteiger partial charge in [0.1, 0.15) is 5.75 Å². The molecule has 0 aliphatic carbocycles. The Hall–Kier alpha value is -2.48. The maximum Gasteiger partial charge on any atom is 0.341 e. The van der Waals surface area contributed by atoms with Crippen molar-refractivity contribution in [3.8, 4) is 5.75 Å². The van der Waals surface area contributed by atoms with Crippen molar-refractivity contribution in [2.75, 3.05) is 6.61 Å². The second-order valence-electron chi connectivity index (χ2n) is 5.53. The third-order valence-electron chi connectivity index (χ3n) is 3.72. The number of alkyl halides is 2. The Balaban J connectivity index is 2.07. The zero-order valence-corrected chi connectivity index (χ0v) is 15.1. The molecule has 5 nitrogen and oxygen atoms in total. The summed E-state index contributed by atoms with van der Waals surface area (Å²) in [6, 6.07) is 11.4. The Bertz CT molecular complexity index is 850. The number of carbonyl (C=O) groups excluding carboxylic acids is 1. The number of sulfone groups is 1. The van der Waals surface area contributed by atoms with Crippen LogP contribution in [0, 0.1) is 0 Å². The molecule has 0 heterocycles. The van der Waals surface area contributed by atoms with Crippen molar-refractivity contribution in [1.82, 2.24) is 5.32 Å². The van der Waals surface area contributed by atoms with Gasteiger partial charge in [-0.25, -0.2) is 8.42 Å². The predicted octanol–water partition coefficient (Wildman–Crippen LogP) is 3.57. The van der Waals surface area contributed by atoms with Gasteiger partial charge in [0.2, 0.25) is 9.84 Å². The summed E-state index contributed by atoms with van der Waals surface area (Å²) in [4.78, 5) is 11.7. The third-order valence-corrected chi connectivity index (χ3v) is 5.12. The Labute approximate surface area is 150 Å². The molecule has 0 aliphatic heterocycles. The van der Waals surface area contributed by atoms with E-state index in [0.29, 0.717) is 6.61 Å². The number of benzene rings is 2. The van der Waals surface area contributed by atoms with Gasteiger partial charge in [0, 0.05) is 5.56 Å². The fourth-order valence-corrected chi connectivity index (χ4v) is 3.00.